The van der Waals surface area contributed by atoms with E-state index in [2.05, 4.69) is 34.5 Å². The van der Waals surface area contributed by atoms with Gasteiger partial charge in [0, 0.05) is 11.6 Å². The zero-order valence-corrected chi connectivity index (χ0v) is 16.7. The van der Waals surface area contributed by atoms with Crippen molar-refractivity contribution in [2.75, 3.05) is 19.6 Å². The second kappa shape index (κ2) is 8.76. The Kier molecular flexibility index (Phi) is 5.94. The van der Waals surface area contributed by atoms with Gasteiger partial charge in [-0.15, -0.1) is 0 Å². The number of halogens is 1. The van der Waals surface area contributed by atoms with Crippen molar-refractivity contribution >= 4 is 28.3 Å². The van der Waals surface area contributed by atoms with Gasteiger partial charge in [0.1, 0.15) is 0 Å². The first-order valence-electron chi connectivity index (χ1n) is 9.94. The highest BCUT2D eigenvalue weighted by Gasteiger charge is 2.25. The van der Waals surface area contributed by atoms with E-state index >= 15 is 0 Å². The second-order valence-corrected chi connectivity index (χ2v) is 7.81. The number of fused-ring (bicyclic) bond motifs is 1. The minimum atomic E-state index is 0.0487. The van der Waals surface area contributed by atoms with Crippen LogP contribution >= 0.6 is 11.6 Å². The third kappa shape index (κ3) is 4.21. The molecular weight excluding hydrogens is 368 g/mol. The summed E-state index contributed by atoms with van der Waals surface area (Å²) in [7, 11) is 0. The summed E-state index contributed by atoms with van der Waals surface area (Å²) in [4.78, 5) is 15.2. The molecule has 0 radical (unpaired) electrons. The Bertz CT molecular complexity index is 960. The minimum absolute atomic E-state index is 0.0487. The van der Waals surface area contributed by atoms with Crippen LogP contribution in [-0.4, -0.2) is 30.4 Å². The summed E-state index contributed by atoms with van der Waals surface area (Å²) in [5, 5.41) is 6.23. The molecule has 0 unspecified atom stereocenters. The van der Waals surface area contributed by atoms with Crippen molar-refractivity contribution in [2.45, 2.75) is 25.3 Å². The molecule has 1 fully saturated rings. The molecule has 1 aliphatic rings. The quantitative estimate of drug-likeness (QED) is 0.641. The third-order valence-electron chi connectivity index (χ3n) is 5.57. The van der Waals surface area contributed by atoms with Crippen LogP contribution in [0, 0.1) is 0 Å². The third-order valence-corrected chi connectivity index (χ3v) is 5.91. The Morgan fingerprint density at radius 3 is 2.50 bits per heavy atom. The lowest BCUT2D eigenvalue weighted by molar-refractivity contribution is -0.120. The Hall–Kier alpha value is -2.36. The van der Waals surface area contributed by atoms with E-state index in [9.17, 15) is 4.79 Å². The molecule has 28 heavy (non-hydrogen) atoms. The van der Waals surface area contributed by atoms with Crippen molar-refractivity contribution in [1.29, 1.82) is 0 Å². The van der Waals surface area contributed by atoms with Crippen molar-refractivity contribution in [3.05, 3.63) is 82.9 Å². The number of nitrogens with zero attached hydrogens (tertiary/aromatic N) is 1. The van der Waals surface area contributed by atoms with Gasteiger partial charge < -0.3 is 5.32 Å². The number of likely N-dealkylation sites (tertiary alicyclic amines) is 1. The van der Waals surface area contributed by atoms with Crippen LogP contribution < -0.4 is 5.32 Å². The molecule has 0 spiro atoms. The van der Waals surface area contributed by atoms with Crippen LogP contribution in [0.4, 0.5) is 0 Å². The van der Waals surface area contributed by atoms with E-state index in [-0.39, 0.29) is 11.9 Å². The second-order valence-electron chi connectivity index (χ2n) is 7.40. The molecule has 1 N–H and O–H groups in total. The van der Waals surface area contributed by atoms with Crippen LogP contribution in [0.3, 0.4) is 0 Å². The molecule has 3 nitrogen and oxygen atoms in total. The molecule has 0 aliphatic carbocycles. The number of benzene rings is 3. The first kappa shape index (κ1) is 19.0. The Morgan fingerprint density at radius 1 is 0.964 bits per heavy atom. The molecule has 1 aliphatic heterocycles. The van der Waals surface area contributed by atoms with Gasteiger partial charge in [-0.1, -0.05) is 72.3 Å². The highest BCUT2D eigenvalue weighted by molar-refractivity contribution is 6.31. The fraction of sp³-hybridized carbons (Fsp3) is 0.292. The monoisotopic (exact) mass is 392 g/mol. The van der Waals surface area contributed by atoms with Gasteiger partial charge in [-0.25, -0.2) is 0 Å². The number of hydrogen-bond acceptors (Lipinski definition) is 2. The zero-order valence-electron chi connectivity index (χ0n) is 15.9. The van der Waals surface area contributed by atoms with Crippen LogP contribution in [0.1, 0.15) is 30.0 Å². The normalized spacial score (nSPS) is 15.6. The van der Waals surface area contributed by atoms with E-state index in [1.807, 2.05) is 42.5 Å². The number of hydrogen-bond donors (Lipinski definition) is 1. The first-order chi connectivity index (χ1) is 13.7. The first-order valence-corrected chi connectivity index (χ1v) is 10.3. The largest absolute Gasteiger partial charge is 0.354 e. The Balaban J connectivity index is 1.47. The van der Waals surface area contributed by atoms with Gasteiger partial charge in [-0.2, -0.15) is 0 Å². The van der Waals surface area contributed by atoms with Crippen molar-refractivity contribution in [3.8, 4) is 0 Å². The van der Waals surface area contributed by atoms with Crippen molar-refractivity contribution < 1.29 is 4.79 Å². The van der Waals surface area contributed by atoms with E-state index in [0.717, 1.165) is 34.6 Å². The molecule has 4 heteroatoms. The van der Waals surface area contributed by atoms with Crippen LogP contribution in [-0.2, 0) is 11.2 Å². The van der Waals surface area contributed by atoms with Crippen LogP contribution in [0.15, 0.2) is 66.7 Å². The highest BCUT2D eigenvalue weighted by Crippen LogP contribution is 2.29. The van der Waals surface area contributed by atoms with Crippen molar-refractivity contribution in [3.63, 3.8) is 0 Å². The predicted molar refractivity (Wildman–Crippen MR) is 116 cm³/mol. The summed E-state index contributed by atoms with van der Waals surface area (Å²) >= 11 is 6.47. The molecule has 0 saturated carbocycles. The summed E-state index contributed by atoms with van der Waals surface area (Å²) in [6, 6.07) is 22.4. The molecular formula is C24H25ClN2O. The molecule has 3 aromatic rings. The summed E-state index contributed by atoms with van der Waals surface area (Å²) in [5.74, 6) is 0.0487. The molecule has 4 rings (SSSR count). The van der Waals surface area contributed by atoms with Gasteiger partial charge in [0.25, 0.3) is 0 Å². The van der Waals surface area contributed by atoms with Crippen molar-refractivity contribution in [2.24, 2.45) is 0 Å². The van der Waals surface area contributed by atoms with Crippen molar-refractivity contribution in [1.82, 2.24) is 10.2 Å². The van der Waals surface area contributed by atoms with E-state index < -0.39 is 0 Å². The average Bonchev–Trinajstić information content (AvgIpc) is 3.24. The van der Waals surface area contributed by atoms with Crippen LogP contribution in [0.5, 0.6) is 0 Å². The van der Waals surface area contributed by atoms with Gasteiger partial charge >= 0.3 is 0 Å². The summed E-state index contributed by atoms with van der Waals surface area (Å²) in [6.45, 7) is 2.68. The smallest absolute Gasteiger partial charge is 0.224 e. The maximum absolute atomic E-state index is 12.7. The fourth-order valence-electron chi connectivity index (χ4n) is 4.13. The number of nitrogens with one attached hydrogen (secondary N) is 1. The standard InChI is InChI=1S/C24H25ClN2O/c25-22-13-4-3-12-21(22)23(27-14-5-6-15-27)17-26-24(28)16-19-10-7-9-18-8-1-2-11-20(18)19/h1-4,7-13,23H,5-6,14-17H2,(H,26,28)/t23-/m0/s1. The topological polar surface area (TPSA) is 32.3 Å². The van der Waals surface area contributed by atoms with Gasteiger partial charge in [0.05, 0.1) is 12.5 Å². The molecule has 1 heterocycles. The Labute approximate surface area is 171 Å². The van der Waals surface area contributed by atoms with Gasteiger partial charge in [0.2, 0.25) is 5.91 Å². The summed E-state index contributed by atoms with van der Waals surface area (Å²) in [5.41, 5.74) is 2.16. The molecule has 1 amide bonds. The number of amides is 1. The number of rotatable bonds is 6. The van der Waals surface area contributed by atoms with Gasteiger partial charge in [0.15, 0.2) is 0 Å². The van der Waals surface area contributed by atoms with Gasteiger partial charge in [-0.3, -0.25) is 9.69 Å². The average molecular weight is 393 g/mol. The maximum atomic E-state index is 12.7. The lowest BCUT2D eigenvalue weighted by Gasteiger charge is -2.29. The number of carbonyl (C=O) groups excluding carboxylic acids is 1. The highest BCUT2D eigenvalue weighted by atomic mass is 35.5. The summed E-state index contributed by atoms with van der Waals surface area (Å²) < 4.78 is 0. The lowest BCUT2D eigenvalue weighted by Crippen LogP contribution is -2.37. The summed E-state index contributed by atoms with van der Waals surface area (Å²) in [6.07, 6.45) is 2.78. The van der Waals surface area contributed by atoms with E-state index in [0.29, 0.717) is 13.0 Å². The molecule has 1 atom stereocenters. The Morgan fingerprint density at radius 2 is 1.68 bits per heavy atom. The zero-order chi connectivity index (χ0) is 19.3. The lowest BCUT2D eigenvalue weighted by atomic mass is 10.0. The van der Waals surface area contributed by atoms with Gasteiger partial charge in [-0.05, 0) is 53.9 Å². The molecule has 1 saturated heterocycles. The number of carbonyl (C=O) groups is 1. The fourth-order valence-corrected chi connectivity index (χ4v) is 4.39. The molecule has 3 aromatic carbocycles. The molecule has 0 aromatic heterocycles. The van der Waals surface area contributed by atoms with Crippen LogP contribution in [0.25, 0.3) is 10.8 Å². The van der Waals surface area contributed by atoms with E-state index in [4.69, 9.17) is 11.6 Å². The molecule has 144 valence electrons. The van der Waals surface area contributed by atoms with E-state index in [1.165, 1.54) is 18.2 Å². The maximum Gasteiger partial charge on any atom is 0.224 e. The SMILES string of the molecule is O=C(Cc1cccc2ccccc12)NC[C@@H](c1ccccc1Cl)N1CCCC1. The predicted octanol–water partition coefficient (Wildman–Crippen LogP) is 4.99. The van der Waals surface area contributed by atoms with E-state index in [1.54, 1.807) is 0 Å². The minimum Gasteiger partial charge on any atom is -0.354 e. The van der Waals surface area contributed by atoms with Crippen LogP contribution in [0.2, 0.25) is 5.02 Å². The molecule has 0 bridgehead atoms.